The van der Waals surface area contributed by atoms with E-state index in [0.29, 0.717) is 0 Å². The highest BCUT2D eigenvalue weighted by Crippen LogP contribution is 2.51. The monoisotopic (exact) mass is 604 g/mol. The first-order valence-electron chi connectivity index (χ1n) is 16.6. The molecule has 226 valence electrons. The van der Waals surface area contributed by atoms with Gasteiger partial charge in [-0.25, -0.2) is 0 Å². The van der Waals surface area contributed by atoms with Crippen LogP contribution in [0.3, 0.4) is 0 Å². The molecule has 0 N–H and O–H groups in total. The van der Waals surface area contributed by atoms with E-state index in [1.807, 2.05) is 0 Å². The van der Waals surface area contributed by atoms with E-state index in [4.69, 9.17) is 0 Å². The van der Waals surface area contributed by atoms with E-state index in [1.165, 1.54) is 72.1 Å². The van der Waals surface area contributed by atoms with Gasteiger partial charge in [0.15, 0.2) is 0 Å². The standard InChI is InChI=1S/C45H36N2/c1-45(2)42-29-37(46-26-25-35-27-34(18-24-44(35)46)31-11-5-3-6-12-31)20-22-40(42)41-23-21-39(30-43(41)45)47(36-15-7-4-8-16-36)38-19-17-32-13-9-10-14-33(32)28-38/h3-15,17-30,36H,16H2,1-2H3. The zero-order valence-corrected chi connectivity index (χ0v) is 26.8. The van der Waals surface area contributed by atoms with E-state index in [2.05, 4.69) is 187 Å². The van der Waals surface area contributed by atoms with Crippen molar-refractivity contribution in [3.63, 3.8) is 0 Å². The zero-order valence-electron chi connectivity index (χ0n) is 26.8. The van der Waals surface area contributed by atoms with Gasteiger partial charge >= 0.3 is 0 Å². The van der Waals surface area contributed by atoms with Gasteiger partial charge in [0, 0.05) is 34.1 Å². The summed E-state index contributed by atoms with van der Waals surface area (Å²) < 4.78 is 2.33. The van der Waals surface area contributed by atoms with Gasteiger partial charge in [0.05, 0.1) is 11.6 Å². The SMILES string of the molecule is CC1(C)c2cc(N(c3ccc4ccccc4c3)C3C=CC=CC3)ccc2-c2ccc(-n3ccc4cc(-c5ccccc5)ccc43)cc21. The van der Waals surface area contributed by atoms with Crippen LogP contribution in [0.15, 0.2) is 164 Å². The van der Waals surface area contributed by atoms with Gasteiger partial charge in [-0.2, -0.15) is 0 Å². The average Bonchev–Trinajstić information content (AvgIpc) is 3.64. The molecule has 2 heteroatoms. The predicted molar refractivity (Wildman–Crippen MR) is 199 cm³/mol. The molecule has 0 saturated heterocycles. The number of anilines is 2. The molecule has 0 aliphatic heterocycles. The second-order valence-electron chi connectivity index (χ2n) is 13.4. The first-order chi connectivity index (χ1) is 23.0. The number of benzene rings is 6. The van der Waals surface area contributed by atoms with Crippen LogP contribution < -0.4 is 4.90 Å². The Balaban J connectivity index is 1.11. The topological polar surface area (TPSA) is 8.17 Å². The Morgan fingerprint density at radius 1 is 0.596 bits per heavy atom. The van der Waals surface area contributed by atoms with Crippen molar-refractivity contribution in [2.24, 2.45) is 0 Å². The third-order valence-corrected chi connectivity index (χ3v) is 10.3. The Morgan fingerprint density at radius 3 is 2.17 bits per heavy atom. The van der Waals surface area contributed by atoms with E-state index < -0.39 is 0 Å². The van der Waals surface area contributed by atoms with Crippen molar-refractivity contribution in [1.29, 1.82) is 0 Å². The summed E-state index contributed by atoms with van der Waals surface area (Å²) >= 11 is 0. The maximum absolute atomic E-state index is 2.52. The van der Waals surface area contributed by atoms with E-state index in [0.717, 1.165) is 6.42 Å². The van der Waals surface area contributed by atoms with Gasteiger partial charge in [0.25, 0.3) is 0 Å². The van der Waals surface area contributed by atoms with Gasteiger partial charge in [0.1, 0.15) is 0 Å². The smallest absolute Gasteiger partial charge is 0.0559 e. The zero-order chi connectivity index (χ0) is 31.5. The normalized spacial score (nSPS) is 16.0. The van der Waals surface area contributed by atoms with Crippen LogP contribution in [0, 0.1) is 0 Å². The van der Waals surface area contributed by atoms with Crippen molar-refractivity contribution in [1.82, 2.24) is 4.57 Å². The lowest BCUT2D eigenvalue weighted by molar-refractivity contribution is 0.659. The van der Waals surface area contributed by atoms with E-state index in [9.17, 15) is 0 Å². The van der Waals surface area contributed by atoms with Crippen LogP contribution in [0.5, 0.6) is 0 Å². The van der Waals surface area contributed by atoms with Crippen LogP contribution in [0.2, 0.25) is 0 Å². The summed E-state index contributed by atoms with van der Waals surface area (Å²) in [7, 11) is 0. The second kappa shape index (κ2) is 10.7. The van der Waals surface area contributed by atoms with Crippen molar-refractivity contribution in [2.75, 3.05) is 4.90 Å². The Morgan fingerprint density at radius 2 is 1.34 bits per heavy atom. The van der Waals surface area contributed by atoms with Crippen molar-refractivity contribution >= 4 is 33.1 Å². The molecule has 0 amide bonds. The first-order valence-corrected chi connectivity index (χ1v) is 16.6. The minimum atomic E-state index is -0.141. The molecular weight excluding hydrogens is 569 g/mol. The molecule has 0 fully saturated rings. The summed E-state index contributed by atoms with van der Waals surface area (Å²) in [6.07, 6.45) is 12.1. The molecule has 1 heterocycles. The molecule has 9 rings (SSSR count). The fourth-order valence-corrected chi connectivity index (χ4v) is 7.81. The van der Waals surface area contributed by atoms with Gasteiger partial charge in [-0.1, -0.05) is 117 Å². The highest BCUT2D eigenvalue weighted by molar-refractivity contribution is 5.90. The number of nitrogens with zero attached hydrogens (tertiary/aromatic N) is 2. The van der Waals surface area contributed by atoms with Gasteiger partial charge in [0.2, 0.25) is 0 Å². The maximum Gasteiger partial charge on any atom is 0.0559 e. The van der Waals surface area contributed by atoms with Gasteiger partial charge in [-0.05, 0) is 105 Å². The van der Waals surface area contributed by atoms with Crippen molar-refractivity contribution in [3.8, 4) is 27.9 Å². The fourth-order valence-electron chi connectivity index (χ4n) is 7.81. The van der Waals surface area contributed by atoms with Crippen LogP contribution in [-0.4, -0.2) is 10.6 Å². The molecule has 1 unspecified atom stereocenters. The third kappa shape index (κ3) is 4.55. The number of fused-ring (bicyclic) bond motifs is 5. The summed E-state index contributed by atoms with van der Waals surface area (Å²) in [5.74, 6) is 0. The van der Waals surface area contributed by atoms with E-state index in [1.54, 1.807) is 0 Å². The number of rotatable bonds is 5. The molecule has 0 saturated carbocycles. The summed E-state index contributed by atoms with van der Waals surface area (Å²) in [5, 5.41) is 3.78. The summed E-state index contributed by atoms with van der Waals surface area (Å²) in [4.78, 5) is 2.52. The molecule has 2 nitrogen and oxygen atoms in total. The molecule has 0 radical (unpaired) electrons. The molecule has 2 aliphatic carbocycles. The first kappa shape index (κ1) is 27.7. The van der Waals surface area contributed by atoms with Gasteiger partial charge < -0.3 is 9.47 Å². The lowest BCUT2D eigenvalue weighted by atomic mass is 9.82. The van der Waals surface area contributed by atoms with Crippen LogP contribution >= 0.6 is 0 Å². The Bertz CT molecular complexity index is 2370. The average molecular weight is 605 g/mol. The van der Waals surface area contributed by atoms with Crippen molar-refractivity contribution in [3.05, 3.63) is 175 Å². The summed E-state index contributed by atoms with van der Waals surface area (Å²) in [6.45, 7) is 4.77. The number of hydrogen-bond donors (Lipinski definition) is 0. The lowest BCUT2D eigenvalue weighted by Gasteiger charge is -2.34. The van der Waals surface area contributed by atoms with Crippen LogP contribution in [0.4, 0.5) is 11.4 Å². The highest BCUT2D eigenvalue weighted by Gasteiger charge is 2.36. The van der Waals surface area contributed by atoms with E-state index in [-0.39, 0.29) is 11.5 Å². The minimum Gasteiger partial charge on any atom is -0.334 e. The minimum absolute atomic E-state index is 0.141. The maximum atomic E-state index is 2.52. The summed E-state index contributed by atoms with van der Waals surface area (Å²) in [6, 6.07) is 49.6. The Kier molecular flexibility index (Phi) is 6.33. The largest absolute Gasteiger partial charge is 0.334 e. The number of allylic oxidation sites excluding steroid dienone is 2. The van der Waals surface area contributed by atoms with E-state index >= 15 is 0 Å². The molecule has 6 aromatic carbocycles. The molecule has 2 aliphatic rings. The second-order valence-corrected chi connectivity index (χ2v) is 13.4. The van der Waals surface area contributed by atoms with Crippen molar-refractivity contribution in [2.45, 2.75) is 31.7 Å². The Hall–Kier alpha value is -5.60. The quantitative estimate of drug-likeness (QED) is 0.190. The van der Waals surface area contributed by atoms with Gasteiger partial charge in [-0.15, -0.1) is 0 Å². The molecule has 1 aromatic heterocycles. The summed E-state index contributed by atoms with van der Waals surface area (Å²) in [5.41, 5.74) is 12.7. The lowest BCUT2D eigenvalue weighted by Crippen LogP contribution is -2.30. The number of aromatic nitrogens is 1. The van der Waals surface area contributed by atoms with Gasteiger partial charge in [-0.3, -0.25) is 0 Å². The Labute approximate surface area is 276 Å². The molecule has 0 bridgehead atoms. The fraction of sp³-hybridized carbons (Fsp3) is 0.111. The highest BCUT2D eigenvalue weighted by atomic mass is 15.2. The van der Waals surface area contributed by atoms with Crippen LogP contribution in [0.1, 0.15) is 31.4 Å². The molecule has 1 atom stereocenters. The molecular formula is C45H36N2. The third-order valence-electron chi connectivity index (χ3n) is 10.3. The van der Waals surface area contributed by atoms with Crippen molar-refractivity contribution < 1.29 is 0 Å². The predicted octanol–water partition coefficient (Wildman–Crippen LogP) is 11.8. The van der Waals surface area contributed by atoms with Crippen LogP contribution in [-0.2, 0) is 5.41 Å². The molecule has 0 spiro atoms. The number of hydrogen-bond acceptors (Lipinski definition) is 1. The molecule has 7 aromatic rings. The van der Waals surface area contributed by atoms with Crippen LogP contribution in [0.25, 0.3) is 49.6 Å². The molecule has 47 heavy (non-hydrogen) atoms.